The Labute approximate surface area is 83.7 Å². The molecule has 3 nitrogen and oxygen atoms in total. The second kappa shape index (κ2) is 3.98. The fourth-order valence-electron chi connectivity index (χ4n) is 1.60. The molecule has 1 aliphatic heterocycles. The van der Waals surface area contributed by atoms with Crippen molar-refractivity contribution >= 4 is 0 Å². The van der Waals surface area contributed by atoms with Crippen LogP contribution in [0.4, 0.5) is 0 Å². The lowest BCUT2D eigenvalue weighted by atomic mass is 10.1. The average Bonchev–Trinajstić information content (AvgIpc) is 2.20. The Balaban J connectivity index is 2.12. The maximum atomic E-state index is 9.61. The molecule has 0 amide bonds. The van der Waals surface area contributed by atoms with E-state index in [1.54, 1.807) is 6.07 Å². The topological polar surface area (TPSA) is 41.5 Å². The molecule has 0 radical (unpaired) electrons. The normalized spacial score (nSPS) is 27.5. The lowest BCUT2D eigenvalue weighted by Crippen LogP contribution is -2.36. The van der Waals surface area contributed by atoms with E-state index in [2.05, 4.69) is 12.2 Å². The van der Waals surface area contributed by atoms with Crippen LogP contribution in [0.15, 0.2) is 24.3 Å². The van der Waals surface area contributed by atoms with Gasteiger partial charge >= 0.3 is 0 Å². The highest BCUT2D eigenvalue weighted by Gasteiger charge is 2.21. The van der Waals surface area contributed by atoms with Gasteiger partial charge in [0.25, 0.3) is 0 Å². The Kier molecular flexibility index (Phi) is 2.70. The van der Waals surface area contributed by atoms with E-state index >= 15 is 0 Å². The van der Waals surface area contributed by atoms with Crippen LogP contribution in [-0.4, -0.2) is 18.3 Å². The van der Waals surface area contributed by atoms with Gasteiger partial charge in [0.15, 0.2) is 0 Å². The molecule has 3 heteroatoms. The third-order valence-corrected chi connectivity index (χ3v) is 2.42. The highest BCUT2D eigenvalue weighted by atomic mass is 16.5. The molecule has 2 N–H and O–H groups in total. The van der Waals surface area contributed by atoms with Crippen LogP contribution in [-0.2, 0) is 4.74 Å². The molecule has 1 aromatic carbocycles. The van der Waals surface area contributed by atoms with E-state index < -0.39 is 0 Å². The van der Waals surface area contributed by atoms with Crippen molar-refractivity contribution in [2.75, 3.05) is 13.2 Å². The van der Waals surface area contributed by atoms with Gasteiger partial charge in [-0.2, -0.15) is 0 Å². The standard InChI is InChI=1S/C11H15NO2/c1-8-6-12-11(14-7-8)9-4-2-3-5-10(9)13/h2-5,8,11-13H,6-7H2,1H3. The van der Waals surface area contributed by atoms with Gasteiger partial charge in [-0.3, -0.25) is 5.32 Å². The Hall–Kier alpha value is -1.06. The third kappa shape index (κ3) is 1.89. The van der Waals surface area contributed by atoms with Crippen LogP contribution in [0.1, 0.15) is 18.7 Å². The smallest absolute Gasteiger partial charge is 0.137 e. The summed E-state index contributed by atoms with van der Waals surface area (Å²) < 4.78 is 5.59. The minimum Gasteiger partial charge on any atom is -0.508 e. The molecule has 2 unspecified atom stereocenters. The molecule has 0 spiro atoms. The minimum absolute atomic E-state index is 0.160. The van der Waals surface area contributed by atoms with Crippen LogP contribution >= 0.6 is 0 Å². The van der Waals surface area contributed by atoms with Gasteiger partial charge in [0, 0.05) is 12.1 Å². The number of aromatic hydroxyl groups is 1. The number of hydrogen-bond acceptors (Lipinski definition) is 3. The Morgan fingerprint density at radius 1 is 1.43 bits per heavy atom. The number of nitrogens with one attached hydrogen (secondary N) is 1. The number of ether oxygens (including phenoxy) is 1. The third-order valence-electron chi connectivity index (χ3n) is 2.42. The highest BCUT2D eigenvalue weighted by molar-refractivity contribution is 5.33. The first-order valence-electron chi connectivity index (χ1n) is 4.90. The van der Waals surface area contributed by atoms with Crippen LogP contribution in [0.5, 0.6) is 5.75 Å². The molecule has 2 rings (SSSR count). The molecule has 0 aliphatic carbocycles. The van der Waals surface area contributed by atoms with Gasteiger partial charge in [0.05, 0.1) is 6.61 Å². The SMILES string of the molecule is CC1CNC(c2ccccc2O)OC1. The summed E-state index contributed by atoms with van der Waals surface area (Å²) in [5.74, 6) is 0.830. The zero-order chi connectivity index (χ0) is 9.97. The predicted molar refractivity (Wildman–Crippen MR) is 54.0 cm³/mol. The van der Waals surface area contributed by atoms with Gasteiger partial charge in [-0.05, 0) is 12.0 Å². The number of rotatable bonds is 1. The van der Waals surface area contributed by atoms with Crippen molar-refractivity contribution in [1.29, 1.82) is 0 Å². The summed E-state index contributed by atoms with van der Waals surface area (Å²) in [6, 6.07) is 7.27. The fourth-order valence-corrected chi connectivity index (χ4v) is 1.60. The quantitative estimate of drug-likeness (QED) is 0.712. The second-order valence-corrected chi connectivity index (χ2v) is 3.79. The minimum atomic E-state index is -0.160. The van der Waals surface area contributed by atoms with E-state index in [9.17, 15) is 5.11 Å². The lowest BCUT2D eigenvalue weighted by molar-refractivity contribution is -0.0264. The van der Waals surface area contributed by atoms with Gasteiger partial charge in [-0.15, -0.1) is 0 Å². The van der Waals surface area contributed by atoms with Crippen LogP contribution < -0.4 is 5.32 Å². The molecule has 76 valence electrons. The summed E-state index contributed by atoms with van der Waals surface area (Å²) in [4.78, 5) is 0. The zero-order valence-electron chi connectivity index (χ0n) is 8.23. The zero-order valence-corrected chi connectivity index (χ0v) is 8.23. The predicted octanol–water partition coefficient (Wildman–Crippen LogP) is 1.65. The van der Waals surface area contributed by atoms with Crippen LogP contribution in [0.25, 0.3) is 0 Å². The monoisotopic (exact) mass is 193 g/mol. The number of hydrogen-bond donors (Lipinski definition) is 2. The largest absolute Gasteiger partial charge is 0.508 e. The molecule has 14 heavy (non-hydrogen) atoms. The average molecular weight is 193 g/mol. The van der Waals surface area contributed by atoms with Gasteiger partial charge in [-0.1, -0.05) is 25.1 Å². The summed E-state index contributed by atoms with van der Waals surface area (Å²) in [5, 5.41) is 12.9. The Morgan fingerprint density at radius 3 is 2.86 bits per heavy atom. The van der Waals surface area contributed by atoms with Crippen LogP contribution in [0, 0.1) is 5.92 Å². The second-order valence-electron chi connectivity index (χ2n) is 3.79. The molecule has 1 heterocycles. The summed E-state index contributed by atoms with van der Waals surface area (Å²) >= 11 is 0. The highest BCUT2D eigenvalue weighted by Crippen LogP contribution is 2.26. The summed E-state index contributed by atoms with van der Waals surface area (Å²) in [5.41, 5.74) is 0.819. The fraction of sp³-hybridized carbons (Fsp3) is 0.455. The first-order chi connectivity index (χ1) is 6.77. The van der Waals surface area contributed by atoms with Crippen molar-refractivity contribution in [1.82, 2.24) is 5.32 Å². The van der Waals surface area contributed by atoms with Crippen molar-refractivity contribution in [3.8, 4) is 5.75 Å². The lowest BCUT2D eigenvalue weighted by Gasteiger charge is -2.28. The maximum absolute atomic E-state index is 9.61. The van der Waals surface area contributed by atoms with Crippen LogP contribution in [0.2, 0.25) is 0 Å². The van der Waals surface area contributed by atoms with E-state index in [0.29, 0.717) is 11.7 Å². The van der Waals surface area contributed by atoms with E-state index in [0.717, 1.165) is 18.7 Å². The summed E-state index contributed by atoms with van der Waals surface area (Å²) in [6.45, 7) is 3.80. The molecule has 2 atom stereocenters. The molecule has 1 saturated heterocycles. The maximum Gasteiger partial charge on any atom is 0.137 e. The van der Waals surface area contributed by atoms with Crippen molar-refractivity contribution in [2.24, 2.45) is 5.92 Å². The Bertz CT molecular complexity index is 306. The van der Waals surface area contributed by atoms with Crippen molar-refractivity contribution in [2.45, 2.75) is 13.2 Å². The number of benzene rings is 1. The summed E-state index contributed by atoms with van der Waals surface area (Å²) in [7, 11) is 0. The van der Waals surface area contributed by atoms with E-state index in [-0.39, 0.29) is 6.23 Å². The Morgan fingerprint density at radius 2 is 2.21 bits per heavy atom. The van der Waals surface area contributed by atoms with E-state index in [4.69, 9.17) is 4.74 Å². The van der Waals surface area contributed by atoms with Gasteiger partial charge in [0.1, 0.15) is 12.0 Å². The van der Waals surface area contributed by atoms with Crippen molar-refractivity contribution < 1.29 is 9.84 Å². The van der Waals surface area contributed by atoms with Gasteiger partial charge in [0.2, 0.25) is 0 Å². The first-order valence-corrected chi connectivity index (χ1v) is 4.90. The molecule has 0 aromatic heterocycles. The number of phenols is 1. The first kappa shape index (κ1) is 9.49. The van der Waals surface area contributed by atoms with Gasteiger partial charge in [-0.25, -0.2) is 0 Å². The van der Waals surface area contributed by atoms with E-state index in [1.165, 1.54) is 0 Å². The molecular weight excluding hydrogens is 178 g/mol. The van der Waals surface area contributed by atoms with Crippen molar-refractivity contribution in [3.63, 3.8) is 0 Å². The van der Waals surface area contributed by atoms with Crippen LogP contribution in [0.3, 0.4) is 0 Å². The molecule has 1 aliphatic rings. The molecule has 1 aromatic rings. The summed E-state index contributed by atoms with van der Waals surface area (Å²) in [6.07, 6.45) is -0.160. The molecule has 1 fully saturated rings. The van der Waals surface area contributed by atoms with Gasteiger partial charge < -0.3 is 9.84 Å². The molecule has 0 bridgehead atoms. The van der Waals surface area contributed by atoms with E-state index in [1.807, 2.05) is 18.2 Å². The molecule has 0 saturated carbocycles. The van der Waals surface area contributed by atoms with Crippen molar-refractivity contribution in [3.05, 3.63) is 29.8 Å². The number of para-hydroxylation sites is 1. The number of phenolic OH excluding ortho intramolecular Hbond substituents is 1. The molecular formula is C11H15NO2.